The number of ether oxygens (including phenoxy) is 1. The molecule has 1 aliphatic carbocycles. The zero-order valence-corrected chi connectivity index (χ0v) is 18.2. The first kappa shape index (κ1) is 22.0. The lowest BCUT2D eigenvalue weighted by Crippen LogP contribution is -2.39. The fraction of sp³-hybridized carbons (Fsp3) is 0.296. The average Bonchev–Trinajstić information content (AvgIpc) is 3.14. The largest absolute Gasteiger partial charge is 0.448 e. The Balaban J connectivity index is 1.53. The molecule has 3 aromatic rings. The summed E-state index contributed by atoms with van der Waals surface area (Å²) in [6.07, 6.45) is 0.696. The lowest BCUT2D eigenvalue weighted by Gasteiger charge is -2.29. The van der Waals surface area contributed by atoms with Crippen LogP contribution in [0.1, 0.15) is 42.4 Å². The summed E-state index contributed by atoms with van der Waals surface area (Å²) in [4.78, 5) is 14.7. The first-order valence-electron chi connectivity index (χ1n) is 11.1. The molecule has 0 aliphatic heterocycles. The van der Waals surface area contributed by atoms with Gasteiger partial charge in [-0.3, -0.25) is 0 Å². The summed E-state index contributed by atoms with van der Waals surface area (Å²) in [5.41, 5.74) is 5.08. The Bertz CT molecular complexity index is 1040. The van der Waals surface area contributed by atoms with E-state index in [1.54, 1.807) is 23.1 Å². The third-order valence-corrected chi connectivity index (χ3v) is 6.18. The van der Waals surface area contributed by atoms with Gasteiger partial charge in [-0.25, -0.2) is 9.18 Å². The summed E-state index contributed by atoms with van der Waals surface area (Å²) in [6, 6.07) is 22.6. The second-order valence-electron chi connectivity index (χ2n) is 8.24. The number of aliphatic hydroxyl groups is 1. The van der Waals surface area contributed by atoms with E-state index in [4.69, 9.17) is 4.74 Å². The molecule has 0 saturated heterocycles. The molecule has 5 heteroatoms. The highest BCUT2D eigenvalue weighted by molar-refractivity contribution is 5.79. The van der Waals surface area contributed by atoms with Crippen LogP contribution in [0.3, 0.4) is 0 Å². The highest BCUT2D eigenvalue weighted by Gasteiger charge is 2.30. The number of aliphatic hydroxyl groups excluding tert-OH is 1. The second kappa shape index (κ2) is 9.96. The molecule has 166 valence electrons. The van der Waals surface area contributed by atoms with Crippen molar-refractivity contribution in [2.45, 2.75) is 38.3 Å². The molecule has 0 bridgehead atoms. The van der Waals surface area contributed by atoms with Crippen LogP contribution in [-0.2, 0) is 11.3 Å². The molecule has 1 unspecified atom stereocenters. The van der Waals surface area contributed by atoms with Crippen LogP contribution in [0.5, 0.6) is 0 Å². The highest BCUT2D eigenvalue weighted by atomic mass is 19.1. The van der Waals surface area contributed by atoms with Crippen LogP contribution in [0, 0.1) is 5.82 Å². The van der Waals surface area contributed by atoms with Crippen molar-refractivity contribution in [1.29, 1.82) is 0 Å². The van der Waals surface area contributed by atoms with E-state index in [2.05, 4.69) is 24.3 Å². The van der Waals surface area contributed by atoms with Crippen LogP contribution in [-0.4, -0.2) is 35.4 Å². The summed E-state index contributed by atoms with van der Waals surface area (Å²) in [5, 5.41) is 9.21. The van der Waals surface area contributed by atoms with Crippen molar-refractivity contribution in [3.8, 4) is 11.1 Å². The fourth-order valence-electron chi connectivity index (χ4n) is 4.43. The number of carbonyl (C=O) groups excluding carboxylic acids is 1. The van der Waals surface area contributed by atoms with Crippen molar-refractivity contribution in [3.05, 3.63) is 95.3 Å². The zero-order valence-electron chi connectivity index (χ0n) is 18.2. The quantitative estimate of drug-likeness (QED) is 0.493. The number of carbonyl (C=O) groups is 1. The minimum Gasteiger partial charge on any atom is -0.448 e. The molecule has 4 nitrogen and oxygen atoms in total. The van der Waals surface area contributed by atoms with E-state index in [-0.39, 0.29) is 37.5 Å². The predicted octanol–water partition coefficient (Wildman–Crippen LogP) is 5.74. The van der Waals surface area contributed by atoms with Gasteiger partial charge in [-0.1, -0.05) is 66.7 Å². The molecule has 0 fully saturated rings. The molecule has 3 aromatic carbocycles. The maximum atomic E-state index is 14.3. The van der Waals surface area contributed by atoms with Crippen molar-refractivity contribution in [2.75, 3.05) is 13.2 Å². The molecule has 4 rings (SSSR count). The number of nitrogens with zero attached hydrogens (tertiary/aromatic N) is 1. The predicted molar refractivity (Wildman–Crippen MR) is 123 cm³/mol. The summed E-state index contributed by atoms with van der Waals surface area (Å²) in [5.74, 6) is -0.382. The molecular formula is C27H28FNO3. The molecule has 0 spiro atoms. The van der Waals surface area contributed by atoms with Gasteiger partial charge in [-0.15, -0.1) is 0 Å². The molecule has 1 atom stereocenters. The molecule has 1 amide bonds. The maximum Gasteiger partial charge on any atom is 0.410 e. The Morgan fingerprint density at radius 1 is 1.00 bits per heavy atom. The van der Waals surface area contributed by atoms with Crippen molar-refractivity contribution in [2.24, 2.45) is 0 Å². The molecule has 0 heterocycles. The van der Waals surface area contributed by atoms with Crippen molar-refractivity contribution >= 4 is 6.09 Å². The van der Waals surface area contributed by atoms with Gasteiger partial charge in [0.1, 0.15) is 12.4 Å². The Kier molecular flexibility index (Phi) is 6.86. The van der Waals surface area contributed by atoms with Gasteiger partial charge in [-0.05, 0) is 48.1 Å². The van der Waals surface area contributed by atoms with E-state index in [9.17, 15) is 14.3 Å². The van der Waals surface area contributed by atoms with Crippen molar-refractivity contribution < 1.29 is 19.0 Å². The van der Waals surface area contributed by atoms with E-state index in [0.717, 1.165) is 11.1 Å². The molecule has 0 aromatic heterocycles. The normalized spacial score (nSPS) is 13.3. The van der Waals surface area contributed by atoms with Crippen LogP contribution in [0.15, 0.2) is 72.8 Å². The van der Waals surface area contributed by atoms with Crippen LogP contribution < -0.4 is 0 Å². The minimum atomic E-state index is -0.472. The van der Waals surface area contributed by atoms with Gasteiger partial charge in [0, 0.05) is 24.1 Å². The molecule has 1 N–H and O–H groups in total. The average molecular weight is 434 g/mol. The Labute approximate surface area is 188 Å². The van der Waals surface area contributed by atoms with Crippen molar-refractivity contribution in [3.63, 3.8) is 0 Å². The monoisotopic (exact) mass is 433 g/mol. The minimum absolute atomic E-state index is 0.0330. The number of halogens is 1. The van der Waals surface area contributed by atoms with Gasteiger partial charge in [-0.2, -0.15) is 0 Å². The van der Waals surface area contributed by atoms with Gasteiger partial charge in [0.05, 0.1) is 6.54 Å². The Hall–Kier alpha value is -3.18. The second-order valence-corrected chi connectivity index (χ2v) is 8.24. The standard InChI is InChI=1S/C27H28FNO3/c1-19(9-8-16-30)29(17-20-10-2-7-15-26(20)28)27(31)32-18-25-23-13-5-3-11-21(23)22-12-4-6-14-24(22)25/h2-7,10-15,19,25,30H,8-9,16-18H2,1H3. The van der Waals surface area contributed by atoms with E-state index in [1.165, 1.54) is 17.2 Å². The van der Waals surface area contributed by atoms with E-state index in [1.807, 2.05) is 31.2 Å². The first-order chi connectivity index (χ1) is 15.6. The lowest BCUT2D eigenvalue weighted by molar-refractivity contribution is 0.0796. The van der Waals surface area contributed by atoms with Crippen LogP contribution in [0.2, 0.25) is 0 Å². The molecular weight excluding hydrogens is 405 g/mol. The number of amides is 1. The van der Waals surface area contributed by atoms with Crippen molar-refractivity contribution in [1.82, 2.24) is 4.90 Å². The van der Waals surface area contributed by atoms with Gasteiger partial charge in [0.15, 0.2) is 0 Å². The molecule has 0 radical (unpaired) electrons. The van der Waals surface area contributed by atoms with Gasteiger partial charge < -0.3 is 14.7 Å². The topological polar surface area (TPSA) is 49.8 Å². The Morgan fingerprint density at radius 2 is 1.59 bits per heavy atom. The lowest BCUT2D eigenvalue weighted by atomic mass is 9.98. The smallest absolute Gasteiger partial charge is 0.410 e. The summed E-state index contributed by atoms with van der Waals surface area (Å²) in [7, 11) is 0. The van der Waals surface area contributed by atoms with Crippen LogP contribution in [0.4, 0.5) is 9.18 Å². The highest BCUT2D eigenvalue weighted by Crippen LogP contribution is 2.44. The third kappa shape index (κ3) is 4.53. The number of hydrogen-bond donors (Lipinski definition) is 1. The summed E-state index contributed by atoms with van der Waals surface area (Å²) < 4.78 is 20.1. The van der Waals surface area contributed by atoms with Gasteiger partial charge >= 0.3 is 6.09 Å². The third-order valence-electron chi connectivity index (χ3n) is 6.18. The SMILES string of the molecule is CC(CCCO)N(Cc1ccccc1F)C(=O)OCC1c2ccccc2-c2ccccc21. The number of hydrogen-bond acceptors (Lipinski definition) is 3. The number of fused-ring (bicyclic) bond motifs is 3. The molecule has 32 heavy (non-hydrogen) atoms. The number of rotatable bonds is 8. The fourth-order valence-corrected chi connectivity index (χ4v) is 4.43. The summed E-state index contributed by atoms with van der Waals surface area (Å²) in [6.45, 7) is 2.28. The number of benzene rings is 3. The Morgan fingerprint density at radius 3 is 2.22 bits per heavy atom. The maximum absolute atomic E-state index is 14.3. The van der Waals surface area contributed by atoms with E-state index < -0.39 is 6.09 Å². The van der Waals surface area contributed by atoms with Gasteiger partial charge in [0.25, 0.3) is 0 Å². The van der Waals surface area contributed by atoms with E-state index >= 15 is 0 Å². The van der Waals surface area contributed by atoms with Gasteiger partial charge in [0.2, 0.25) is 0 Å². The summed E-state index contributed by atoms with van der Waals surface area (Å²) >= 11 is 0. The molecule has 0 saturated carbocycles. The molecule has 1 aliphatic rings. The van der Waals surface area contributed by atoms with E-state index in [0.29, 0.717) is 18.4 Å². The van der Waals surface area contributed by atoms with Crippen LogP contribution in [0.25, 0.3) is 11.1 Å². The zero-order chi connectivity index (χ0) is 22.5. The first-order valence-corrected chi connectivity index (χ1v) is 11.1. The van der Waals surface area contributed by atoms with Crippen LogP contribution >= 0.6 is 0 Å².